The zero-order chi connectivity index (χ0) is 30.8. The molecule has 0 heterocycles. The third-order valence-corrected chi connectivity index (χ3v) is 5.98. The monoisotopic (exact) mass is 569 g/mol. The van der Waals surface area contributed by atoms with Crippen LogP contribution < -0.4 is 5.32 Å². The Bertz CT molecular complexity index is 1110. The first-order valence-electron chi connectivity index (χ1n) is 14.1. The Morgan fingerprint density at radius 1 is 0.829 bits per heavy atom. The summed E-state index contributed by atoms with van der Waals surface area (Å²) in [6.45, 7) is 14.8. The fourth-order valence-corrected chi connectivity index (χ4v) is 4.16. The second kappa shape index (κ2) is 14.9. The van der Waals surface area contributed by atoms with E-state index < -0.39 is 41.5 Å². The van der Waals surface area contributed by atoms with E-state index in [1.54, 1.807) is 41.5 Å². The summed E-state index contributed by atoms with van der Waals surface area (Å²) in [5, 5.41) is 14.3. The van der Waals surface area contributed by atoms with Crippen LogP contribution in [0.3, 0.4) is 0 Å². The average Bonchev–Trinajstić information content (AvgIpc) is 2.86. The van der Waals surface area contributed by atoms with Crippen molar-refractivity contribution in [2.24, 2.45) is 5.92 Å². The summed E-state index contributed by atoms with van der Waals surface area (Å²) in [4.78, 5) is 42.2. The molecule has 0 unspecified atom stereocenters. The normalized spacial score (nSPS) is 13.2. The molecule has 0 aromatic heterocycles. The largest absolute Gasteiger partial charge is 0.444 e. The lowest BCUT2D eigenvalue weighted by atomic mass is 10.00. The number of benzene rings is 2. The van der Waals surface area contributed by atoms with Gasteiger partial charge in [0.15, 0.2) is 0 Å². The molecule has 0 radical (unpaired) electrons. The quantitative estimate of drug-likeness (QED) is 0.363. The Morgan fingerprint density at radius 2 is 1.37 bits per heavy atom. The zero-order valence-electron chi connectivity index (χ0n) is 25.7. The van der Waals surface area contributed by atoms with Crippen LogP contribution in [-0.4, -0.2) is 69.5 Å². The highest BCUT2D eigenvalue weighted by Crippen LogP contribution is 2.19. The summed E-state index contributed by atoms with van der Waals surface area (Å²) in [6.07, 6.45) is -2.24. The van der Waals surface area contributed by atoms with Crippen LogP contribution in [0.2, 0.25) is 0 Å². The van der Waals surface area contributed by atoms with Crippen molar-refractivity contribution in [3.05, 3.63) is 71.8 Å². The minimum absolute atomic E-state index is 0.00958. The number of carbonyl (C=O) groups excluding carboxylic acids is 3. The molecule has 9 heteroatoms. The molecule has 2 atom stereocenters. The highest BCUT2D eigenvalue weighted by Gasteiger charge is 2.37. The molecule has 2 N–H and O–H groups in total. The van der Waals surface area contributed by atoms with E-state index in [0.717, 1.165) is 16.0 Å². The number of nitrogens with zero attached hydrogens (tertiary/aromatic N) is 2. The first kappa shape index (κ1) is 33.6. The number of aliphatic hydroxyl groups is 1. The molecule has 0 fully saturated rings. The van der Waals surface area contributed by atoms with Gasteiger partial charge >= 0.3 is 18.2 Å². The average molecular weight is 570 g/mol. The highest BCUT2D eigenvalue weighted by atomic mass is 16.6. The second-order valence-electron chi connectivity index (χ2n) is 12.6. The van der Waals surface area contributed by atoms with Crippen LogP contribution in [0.25, 0.3) is 0 Å². The minimum Gasteiger partial charge on any atom is -0.444 e. The van der Waals surface area contributed by atoms with E-state index >= 15 is 0 Å². The molecular weight excluding hydrogens is 522 g/mol. The van der Waals surface area contributed by atoms with Crippen molar-refractivity contribution in [3.8, 4) is 0 Å². The summed E-state index contributed by atoms with van der Waals surface area (Å²) >= 11 is 0. The Kier molecular flexibility index (Phi) is 12.2. The summed E-state index contributed by atoms with van der Waals surface area (Å²) in [7, 11) is 0. The minimum atomic E-state index is -1.16. The van der Waals surface area contributed by atoms with Crippen molar-refractivity contribution in [3.63, 3.8) is 0 Å². The maximum atomic E-state index is 13.6. The van der Waals surface area contributed by atoms with Crippen molar-refractivity contribution in [1.29, 1.82) is 0 Å². The van der Waals surface area contributed by atoms with Gasteiger partial charge in [0.1, 0.15) is 12.2 Å². The highest BCUT2D eigenvalue weighted by molar-refractivity contribution is 5.92. The Morgan fingerprint density at radius 3 is 1.85 bits per heavy atom. The number of nitrogens with one attached hydrogen (secondary N) is 1. The number of aliphatic hydroxyl groups excluding tert-OH is 1. The molecule has 0 aliphatic carbocycles. The van der Waals surface area contributed by atoms with Gasteiger partial charge < -0.3 is 24.8 Å². The SMILES string of the molecule is CC(C)CN(C[C@@H](O)[C@H](Cc1ccccc1)NC(=O)N(C(=O)OCc1ccccc1)C(C)(C)C)C(=O)OC(C)(C)C. The molecule has 0 aliphatic rings. The van der Waals surface area contributed by atoms with Crippen LogP contribution in [0, 0.1) is 5.92 Å². The lowest BCUT2D eigenvalue weighted by Crippen LogP contribution is -2.59. The van der Waals surface area contributed by atoms with Crippen LogP contribution >= 0.6 is 0 Å². The number of ether oxygens (including phenoxy) is 2. The lowest BCUT2D eigenvalue weighted by molar-refractivity contribution is 0.00785. The predicted molar refractivity (Wildman–Crippen MR) is 159 cm³/mol. The predicted octanol–water partition coefficient (Wildman–Crippen LogP) is 6.00. The van der Waals surface area contributed by atoms with Crippen molar-refractivity contribution in [2.75, 3.05) is 13.1 Å². The Balaban J connectivity index is 2.29. The molecule has 2 aromatic rings. The molecule has 0 bridgehead atoms. The van der Waals surface area contributed by atoms with Gasteiger partial charge in [0, 0.05) is 12.1 Å². The smallest absolute Gasteiger partial charge is 0.418 e. The summed E-state index contributed by atoms with van der Waals surface area (Å²) in [5.41, 5.74) is 0.0427. The van der Waals surface area contributed by atoms with Crippen LogP contribution in [0.4, 0.5) is 14.4 Å². The molecule has 9 nitrogen and oxygen atoms in total. The van der Waals surface area contributed by atoms with Crippen molar-refractivity contribution < 1.29 is 29.0 Å². The molecule has 0 saturated heterocycles. The third kappa shape index (κ3) is 11.8. The molecular formula is C32H47N3O6. The van der Waals surface area contributed by atoms with Gasteiger partial charge in [0.25, 0.3) is 0 Å². The fourth-order valence-electron chi connectivity index (χ4n) is 4.16. The van der Waals surface area contributed by atoms with Gasteiger partial charge in [-0.15, -0.1) is 0 Å². The van der Waals surface area contributed by atoms with E-state index in [9.17, 15) is 19.5 Å². The number of hydrogen-bond acceptors (Lipinski definition) is 6. The van der Waals surface area contributed by atoms with Gasteiger partial charge in [-0.2, -0.15) is 0 Å². The lowest BCUT2D eigenvalue weighted by Gasteiger charge is -2.36. The zero-order valence-corrected chi connectivity index (χ0v) is 25.7. The van der Waals surface area contributed by atoms with Crippen LogP contribution in [0.15, 0.2) is 60.7 Å². The Hall–Kier alpha value is -3.59. The second-order valence-corrected chi connectivity index (χ2v) is 12.6. The number of rotatable bonds is 10. The van der Waals surface area contributed by atoms with Gasteiger partial charge in [0.05, 0.1) is 18.7 Å². The van der Waals surface area contributed by atoms with Crippen LogP contribution in [0.5, 0.6) is 0 Å². The molecule has 4 amide bonds. The van der Waals surface area contributed by atoms with Gasteiger partial charge in [-0.25, -0.2) is 19.3 Å². The van der Waals surface area contributed by atoms with E-state index in [1.165, 1.54) is 4.90 Å². The number of carbonyl (C=O) groups is 3. The van der Waals surface area contributed by atoms with Gasteiger partial charge in [-0.1, -0.05) is 74.5 Å². The molecule has 0 aliphatic heterocycles. The molecule has 2 rings (SSSR count). The third-order valence-electron chi connectivity index (χ3n) is 5.98. The van der Waals surface area contributed by atoms with Crippen LogP contribution in [-0.2, 0) is 22.5 Å². The number of urea groups is 1. The molecule has 226 valence electrons. The van der Waals surface area contributed by atoms with Crippen molar-refractivity contribution in [2.45, 2.75) is 91.7 Å². The topological polar surface area (TPSA) is 108 Å². The summed E-state index contributed by atoms with van der Waals surface area (Å²) < 4.78 is 11.1. The van der Waals surface area contributed by atoms with E-state index in [-0.39, 0.29) is 25.5 Å². The van der Waals surface area contributed by atoms with Crippen molar-refractivity contribution >= 4 is 18.2 Å². The maximum Gasteiger partial charge on any atom is 0.418 e. The number of imide groups is 1. The first-order chi connectivity index (χ1) is 19.1. The van der Waals surface area contributed by atoms with E-state index in [2.05, 4.69) is 5.32 Å². The Labute approximate surface area is 244 Å². The van der Waals surface area contributed by atoms with Gasteiger partial charge in [-0.05, 0) is 65.0 Å². The van der Waals surface area contributed by atoms with E-state index in [1.807, 2.05) is 74.5 Å². The molecule has 0 saturated carbocycles. The van der Waals surface area contributed by atoms with Crippen LogP contribution in [0.1, 0.15) is 66.5 Å². The van der Waals surface area contributed by atoms with Gasteiger partial charge in [0.2, 0.25) is 0 Å². The number of amides is 4. The summed E-state index contributed by atoms with van der Waals surface area (Å²) in [5.74, 6) is 0.118. The first-order valence-corrected chi connectivity index (χ1v) is 14.1. The molecule has 0 spiro atoms. The van der Waals surface area contributed by atoms with Gasteiger partial charge in [-0.3, -0.25) is 0 Å². The van der Waals surface area contributed by atoms with E-state index in [4.69, 9.17) is 9.47 Å². The van der Waals surface area contributed by atoms with Crippen molar-refractivity contribution in [1.82, 2.24) is 15.1 Å². The standard InChI is InChI=1S/C32H47N3O6/c1-23(2)20-34(29(38)41-32(6,7)8)21-27(36)26(19-24-15-11-9-12-16-24)33-28(37)35(31(3,4)5)30(39)40-22-25-17-13-10-14-18-25/h9-18,23,26-27,36H,19-22H2,1-8H3,(H,33,37)/t26-,27+/m0/s1. The molecule has 41 heavy (non-hydrogen) atoms. The maximum absolute atomic E-state index is 13.6. The summed E-state index contributed by atoms with van der Waals surface area (Å²) in [6, 6.07) is 17.1. The number of hydrogen-bond donors (Lipinski definition) is 2. The fraction of sp³-hybridized carbons (Fsp3) is 0.531. The molecule has 2 aromatic carbocycles. The van der Waals surface area contributed by atoms with E-state index in [0.29, 0.717) is 6.54 Å².